The molecule has 1 aliphatic heterocycles. The molecule has 2 heterocycles. The summed E-state index contributed by atoms with van der Waals surface area (Å²) in [6, 6.07) is 8.76. The summed E-state index contributed by atoms with van der Waals surface area (Å²) < 4.78 is 32.5. The van der Waals surface area contributed by atoms with E-state index < -0.39 is 17.0 Å². The molecule has 2 aromatic carbocycles. The van der Waals surface area contributed by atoms with Crippen molar-refractivity contribution in [2.45, 2.75) is 32.6 Å². The van der Waals surface area contributed by atoms with Gasteiger partial charge in [0.2, 0.25) is 5.91 Å². The van der Waals surface area contributed by atoms with Gasteiger partial charge < -0.3 is 9.84 Å². The number of amides is 1. The monoisotopic (exact) mass is 368 g/mol. The Morgan fingerprint density at radius 1 is 1.15 bits per heavy atom. The highest BCUT2D eigenvalue weighted by atomic mass is 19.1. The number of halogens is 2. The van der Waals surface area contributed by atoms with Crippen molar-refractivity contribution in [1.82, 2.24) is 5.16 Å². The van der Waals surface area contributed by atoms with Gasteiger partial charge in [-0.1, -0.05) is 17.3 Å². The van der Waals surface area contributed by atoms with Crippen LogP contribution in [0.5, 0.6) is 0 Å². The van der Waals surface area contributed by atoms with Gasteiger partial charge in [0, 0.05) is 22.9 Å². The number of benzene rings is 2. The Labute approximate surface area is 155 Å². The highest BCUT2D eigenvalue weighted by Crippen LogP contribution is 2.42. The number of aromatic nitrogens is 1. The van der Waals surface area contributed by atoms with Crippen molar-refractivity contribution < 1.29 is 18.1 Å². The van der Waals surface area contributed by atoms with E-state index in [0.29, 0.717) is 23.4 Å². The predicted molar refractivity (Wildman–Crippen MR) is 97.5 cm³/mol. The largest absolute Gasteiger partial charge is 0.361 e. The number of hydrogen-bond donors (Lipinski definition) is 1. The van der Waals surface area contributed by atoms with Crippen molar-refractivity contribution in [3.05, 3.63) is 70.6 Å². The number of anilines is 1. The lowest BCUT2D eigenvalue weighted by Gasteiger charge is -2.22. The summed E-state index contributed by atoms with van der Waals surface area (Å²) in [7, 11) is 0. The molecule has 1 aromatic heterocycles. The Morgan fingerprint density at radius 2 is 1.93 bits per heavy atom. The van der Waals surface area contributed by atoms with Crippen LogP contribution in [-0.4, -0.2) is 11.1 Å². The zero-order chi connectivity index (χ0) is 19.3. The number of aryl methyl sites for hydroxylation is 2. The van der Waals surface area contributed by atoms with Crippen LogP contribution < -0.4 is 5.32 Å². The minimum Gasteiger partial charge on any atom is -0.361 e. The van der Waals surface area contributed by atoms with Gasteiger partial charge in [-0.2, -0.15) is 0 Å². The quantitative estimate of drug-likeness (QED) is 0.730. The number of carbonyl (C=O) groups is 1. The molecule has 27 heavy (non-hydrogen) atoms. The minimum atomic E-state index is -0.781. The zero-order valence-electron chi connectivity index (χ0n) is 15.2. The molecule has 138 valence electrons. The number of rotatable bonds is 3. The van der Waals surface area contributed by atoms with Crippen LogP contribution in [0.1, 0.15) is 29.5 Å². The number of carbonyl (C=O) groups excluding carboxylic acids is 1. The van der Waals surface area contributed by atoms with Gasteiger partial charge >= 0.3 is 0 Å². The highest BCUT2D eigenvalue weighted by Gasteiger charge is 2.43. The summed E-state index contributed by atoms with van der Waals surface area (Å²) >= 11 is 0. The van der Waals surface area contributed by atoms with E-state index in [-0.39, 0.29) is 11.5 Å². The standard InChI is InChI=1S/C21H18F2N2O2/c1-11-16(12(2)27-25-11)10-21(3)17-7-4-13(8-19(17)24-20(21)26)15-6-5-14(22)9-18(15)23/h4-9H,10H2,1-3H3,(H,24,26). The van der Waals surface area contributed by atoms with Crippen LogP contribution in [0.15, 0.2) is 40.9 Å². The summed E-state index contributed by atoms with van der Waals surface area (Å²) in [5, 5.41) is 6.86. The van der Waals surface area contributed by atoms with Gasteiger partial charge in [-0.15, -0.1) is 0 Å². The lowest BCUT2D eigenvalue weighted by molar-refractivity contribution is -0.120. The first-order chi connectivity index (χ1) is 12.8. The molecule has 0 aliphatic carbocycles. The summed E-state index contributed by atoms with van der Waals surface area (Å²) in [4.78, 5) is 12.8. The molecule has 0 saturated heterocycles. The number of fused-ring (bicyclic) bond motifs is 1. The molecule has 1 unspecified atom stereocenters. The van der Waals surface area contributed by atoms with E-state index >= 15 is 0 Å². The molecule has 1 amide bonds. The van der Waals surface area contributed by atoms with Crippen LogP contribution >= 0.6 is 0 Å². The summed E-state index contributed by atoms with van der Waals surface area (Å²) in [6.45, 7) is 5.55. The number of hydrogen-bond acceptors (Lipinski definition) is 3. The van der Waals surface area contributed by atoms with Gasteiger partial charge in [0.05, 0.1) is 11.1 Å². The molecular formula is C21H18F2N2O2. The molecule has 4 rings (SSSR count). The average Bonchev–Trinajstić information content (AvgIpc) is 3.05. The molecule has 1 atom stereocenters. The zero-order valence-corrected chi connectivity index (χ0v) is 15.2. The van der Waals surface area contributed by atoms with Crippen molar-refractivity contribution in [1.29, 1.82) is 0 Å². The van der Waals surface area contributed by atoms with Crippen molar-refractivity contribution in [3.63, 3.8) is 0 Å². The minimum absolute atomic E-state index is 0.130. The third-order valence-corrected chi connectivity index (χ3v) is 5.32. The first-order valence-corrected chi connectivity index (χ1v) is 8.63. The van der Waals surface area contributed by atoms with Crippen LogP contribution in [0, 0.1) is 25.5 Å². The van der Waals surface area contributed by atoms with Gasteiger partial charge in [0.25, 0.3) is 0 Å². The van der Waals surface area contributed by atoms with Crippen molar-refractivity contribution >= 4 is 11.6 Å². The molecular weight excluding hydrogens is 350 g/mol. The van der Waals surface area contributed by atoms with Crippen molar-refractivity contribution in [3.8, 4) is 11.1 Å². The summed E-state index contributed by atoms with van der Waals surface area (Å²) in [6.07, 6.45) is 0.456. The van der Waals surface area contributed by atoms with Crippen LogP contribution in [0.2, 0.25) is 0 Å². The van der Waals surface area contributed by atoms with Gasteiger partial charge in [-0.3, -0.25) is 4.79 Å². The number of nitrogens with zero attached hydrogens (tertiary/aromatic N) is 1. The Kier molecular flexibility index (Phi) is 3.87. The SMILES string of the molecule is Cc1noc(C)c1CC1(C)C(=O)Nc2cc(-c3ccc(F)cc3F)ccc21. The maximum absolute atomic E-state index is 14.1. The topological polar surface area (TPSA) is 55.1 Å². The van der Waals surface area contributed by atoms with E-state index in [1.54, 1.807) is 12.1 Å². The number of nitrogens with one attached hydrogen (secondary N) is 1. The van der Waals surface area contributed by atoms with E-state index in [9.17, 15) is 13.6 Å². The molecule has 0 radical (unpaired) electrons. The molecule has 0 saturated carbocycles. The molecule has 0 fully saturated rings. The smallest absolute Gasteiger partial charge is 0.235 e. The molecule has 4 nitrogen and oxygen atoms in total. The van der Waals surface area contributed by atoms with Crippen LogP contribution in [0.25, 0.3) is 11.1 Å². The average molecular weight is 368 g/mol. The van der Waals surface area contributed by atoms with E-state index in [4.69, 9.17) is 4.52 Å². The Morgan fingerprint density at radius 3 is 2.59 bits per heavy atom. The second-order valence-corrected chi connectivity index (χ2v) is 7.15. The molecule has 1 aliphatic rings. The van der Waals surface area contributed by atoms with Crippen molar-refractivity contribution in [2.75, 3.05) is 5.32 Å². The molecule has 1 N–H and O–H groups in total. The third kappa shape index (κ3) is 2.72. The van der Waals surface area contributed by atoms with Crippen LogP contribution in [0.3, 0.4) is 0 Å². The molecule has 6 heteroatoms. The Bertz CT molecular complexity index is 1050. The molecule has 0 bridgehead atoms. The van der Waals surface area contributed by atoms with Gasteiger partial charge in [-0.05, 0) is 56.5 Å². The lowest BCUT2D eigenvalue weighted by Crippen LogP contribution is -2.33. The third-order valence-electron chi connectivity index (χ3n) is 5.32. The normalized spacial score (nSPS) is 18.5. The van der Waals surface area contributed by atoms with E-state index in [1.807, 2.05) is 26.8 Å². The second kappa shape index (κ2) is 6.01. The van der Waals surface area contributed by atoms with Gasteiger partial charge in [-0.25, -0.2) is 8.78 Å². The fourth-order valence-corrected chi connectivity index (χ4v) is 3.69. The fraction of sp³-hybridized carbons (Fsp3) is 0.238. The van der Waals surface area contributed by atoms with Gasteiger partial charge in [0.15, 0.2) is 0 Å². The first kappa shape index (κ1) is 17.4. The highest BCUT2D eigenvalue weighted by molar-refractivity contribution is 6.06. The first-order valence-electron chi connectivity index (χ1n) is 8.63. The van der Waals surface area contributed by atoms with E-state index in [1.165, 1.54) is 12.1 Å². The Balaban J connectivity index is 1.76. The van der Waals surface area contributed by atoms with Crippen LogP contribution in [-0.2, 0) is 16.6 Å². The van der Waals surface area contributed by atoms with Gasteiger partial charge in [0.1, 0.15) is 17.4 Å². The maximum atomic E-state index is 14.1. The van der Waals surface area contributed by atoms with Crippen molar-refractivity contribution in [2.24, 2.45) is 0 Å². The van der Waals surface area contributed by atoms with Crippen LogP contribution in [0.4, 0.5) is 14.5 Å². The van der Waals surface area contributed by atoms with E-state index in [2.05, 4.69) is 10.5 Å². The summed E-state index contributed by atoms with van der Waals surface area (Å²) in [5.41, 5.74) is 3.22. The lowest BCUT2D eigenvalue weighted by atomic mass is 9.77. The summed E-state index contributed by atoms with van der Waals surface area (Å²) in [5.74, 6) is -0.704. The predicted octanol–water partition coefficient (Wildman–Crippen LogP) is 4.69. The fourth-order valence-electron chi connectivity index (χ4n) is 3.69. The Hall–Kier alpha value is -3.02. The second-order valence-electron chi connectivity index (χ2n) is 7.15. The molecule has 0 spiro atoms. The maximum Gasteiger partial charge on any atom is 0.235 e. The molecule has 3 aromatic rings. The van der Waals surface area contributed by atoms with E-state index in [0.717, 1.165) is 22.9 Å².